The standard InChI is InChI=1S/C20H27N3O5S/c1-4-8-28-11-13(24)9-23(12-6-7-12)10-15-21-18(25)16-14(5-2)17(20(26)27-3)29-19(16)22-15/h4,12-13,24H,1,5-11H2,2-3H3,(H,21,22,25). The number of hydrogen-bond acceptors (Lipinski definition) is 8. The first-order chi connectivity index (χ1) is 14.0. The first-order valence-electron chi connectivity index (χ1n) is 9.72. The molecule has 1 saturated carbocycles. The Morgan fingerprint density at radius 1 is 1.52 bits per heavy atom. The van der Waals surface area contributed by atoms with Crippen molar-refractivity contribution in [1.82, 2.24) is 14.9 Å². The first kappa shape index (κ1) is 21.6. The smallest absolute Gasteiger partial charge is 0.348 e. The van der Waals surface area contributed by atoms with E-state index in [1.165, 1.54) is 18.4 Å². The predicted octanol–water partition coefficient (Wildman–Crippen LogP) is 1.86. The molecule has 3 rings (SSSR count). The zero-order valence-electron chi connectivity index (χ0n) is 16.8. The molecule has 2 N–H and O–H groups in total. The maximum absolute atomic E-state index is 12.7. The number of carbonyl (C=O) groups excluding carboxylic acids is 1. The van der Waals surface area contributed by atoms with Crippen molar-refractivity contribution in [2.45, 2.75) is 44.9 Å². The molecule has 1 unspecified atom stereocenters. The zero-order chi connectivity index (χ0) is 21.0. The van der Waals surface area contributed by atoms with Crippen molar-refractivity contribution in [3.8, 4) is 0 Å². The lowest BCUT2D eigenvalue weighted by Crippen LogP contribution is -2.37. The highest BCUT2D eigenvalue weighted by Gasteiger charge is 2.31. The average molecular weight is 422 g/mol. The van der Waals surface area contributed by atoms with Crippen LogP contribution < -0.4 is 5.56 Å². The minimum absolute atomic E-state index is 0.228. The van der Waals surface area contributed by atoms with Gasteiger partial charge in [-0.1, -0.05) is 13.0 Å². The number of nitrogens with one attached hydrogen (secondary N) is 1. The number of H-pyrrole nitrogens is 1. The van der Waals surface area contributed by atoms with Crippen molar-refractivity contribution in [2.75, 3.05) is 26.9 Å². The van der Waals surface area contributed by atoms with Crippen LogP contribution in [-0.4, -0.2) is 65.0 Å². The van der Waals surface area contributed by atoms with Gasteiger partial charge in [0.25, 0.3) is 5.56 Å². The molecular formula is C20H27N3O5S. The Morgan fingerprint density at radius 2 is 2.28 bits per heavy atom. The summed E-state index contributed by atoms with van der Waals surface area (Å²) in [5.74, 6) is 0.0713. The molecule has 8 nitrogen and oxygen atoms in total. The van der Waals surface area contributed by atoms with Gasteiger partial charge in [0.05, 0.1) is 38.4 Å². The van der Waals surface area contributed by atoms with Crippen molar-refractivity contribution in [1.29, 1.82) is 0 Å². The van der Waals surface area contributed by atoms with E-state index in [4.69, 9.17) is 9.47 Å². The molecule has 0 radical (unpaired) electrons. The highest BCUT2D eigenvalue weighted by molar-refractivity contribution is 7.20. The molecule has 0 bridgehead atoms. The number of esters is 1. The number of fused-ring (bicyclic) bond motifs is 1. The number of aromatic nitrogens is 2. The van der Waals surface area contributed by atoms with Gasteiger partial charge in [-0.25, -0.2) is 9.78 Å². The Hall–Kier alpha value is -2.07. The summed E-state index contributed by atoms with van der Waals surface area (Å²) in [6, 6.07) is 0.366. The van der Waals surface area contributed by atoms with Gasteiger partial charge in [0.2, 0.25) is 0 Å². The molecule has 0 spiro atoms. The van der Waals surface area contributed by atoms with Gasteiger partial charge < -0.3 is 19.6 Å². The molecule has 2 heterocycles. The molecule has 0 amide bonds. The predicted molar refractivity (Wildman–Crippen MR) is 111 cm³/mol. The summed E-state index contributed by atoms with van der Waals surface area (Å²) in [7, 11) is 1.33. The normalized spacial score (nSPS) is 15.0. The van der Waals surface area contributed by atoms with Gasteiger partial charge >= 0.3 is 5.97 Å². The first-order valence-corrected chi connectivity index (χ1v) is 10.5. The molecule has 1 atom stereocenters. The van der Waals surface area contributed by atoms with Crippen LogP contribution in [0, 0.1) is 0 Å². The molecule has 0 aromatic carbocycles. The summed E-state index contributed by atoms with van der Waals surface area (Å²) in [4.78, 5) is 35.3. The summed E-state index contributed by atoms with van der Waals surface area (Å²) in [6.45, 7) is 6.96. The largest absolute Gasteiger partial charge is 0.465 e. The van der Waals surface area contributed by atoms with Crippen molar-refractivity contribution < 1.29 is 19.4 Å². The van der Waals surface area contributed by atoms with Gasteiger partial charge in [-0.15, -0.1) is 17.9 Å². The van der Waals surface area contributed by atoms with Crippen molar-refractivity contribution in [3.63, 3.8) is 0 Å². The third-order valence-electron chi connectivity index (χ3n) is 4.84. The van der Waals surface area contributed by atoms with Gasteiger partial charge in [-0.05, 0) is 24.8 Å². The fourth-order valence-electron chi connectivity index (χ4n) is 3.36. The number of ether oxygens (including phenoxy) is 2. The van der Waals surface area contributed by atoms with Gasteiger partial charge in [0.15, 0.2) is 0 Å². The highest BCUT2D eigenvalue weighted by Crippen LogP contribution is 2.30. The van der Waals surface area contributed by atoms with Crippen LogP contribution >= 0.6 is 11.3 Å². The van der Waals surface area contributed by atoms with E-state index in [0.717, 1.165) is 12.8 Å². The van der Waals surface area contributed by atoms with E-state index < -0.39 is 12.1 Å². The number of methoxy groups -OCH3 is 1. The molecule has 9 heteroatoms. The zero-order valence-corrected chi connectivity index (χ0v) is 17.6. The van der Waals surface area contributed by atoms with E-state index in [9.17, 15) is 14.7 Å². The Balaban J connectivity index is 1.82. The lowest BCUT2D eigenvalue weighted by Gasteiger charge is -2.24. The molecule has 0 aliphatic heterocycles. The number of hydrogen-bond donors (Lipinski definition) is 2. The van der Waals surface area contributed by atoms with E-state index in [0.29, 0.717) is 58.6 Å². The lowest BCUT2D eigenvalue weighted by molar-refractivity contribution is 0.0222. The number of rotatable bonds is 11. The molecule has 1 aliphatic rings. The second kappa shape index (κ2) is 9.62. The van der Waals surface area contributed by atoms with Crippen molar-refractivity contribution in [2.24, 2.45) is 0 Å². The molecule has 1 aliphatic carbocycles. The maximum Gasteiger partial charge on any atom is 0.348 e. The summed E-state index contributed by atoms with van der Waals surface area (Å²) in [6.07, 6.45) is 3.66. The summed E-state index contributed by atoms with van der Waals surface area (Å²) < 4.78 is 10.2. The van der Waals surface area contributed by atoms with E-state index in [1.54, 1.807) is 6.08 Å². The second-order valence-electron chi connectivity index (χ2n) is 7.09. The van der Waals surface area contributed by atoms with Crippen molar-refractivity contribution >= 4 is 27.5 Å². The molecule has 29 heavy (non-hydrogen) atoms. The highest BCUT2D eigenvalue weighted by atomic mass is 32.1. The van der Waals surface area contributed by atoms with E-state index in [2.05, 4.69) is 21.4 Å². The molecule has 2 aromatic heterocycles. The van der Waals surface area contributed by atoms with Crippen LogP contribution in [0.4, 0.5) is 0 Å². The van der Waals surface area contributed by atoms with Crippen molar-refractivity contribution in [3.05, 3.63) is 39.3 Å². The van der Waals surface area contributed by atoms with Gasteiger partial charge in [0, 0.05) is 12.6 Å². The fraction of sp³-hybridized carbons (Fsp3) is 0.550. The third kappa shape index (κ3) is 5.11. The molecular weight excluding hydrogens is 394 g/mol. The van der Waals surface area contributed by atoms with E-state index >= 15 is 0 Å². The van der Waals surface area contributed by atoms with Crippen LogP contribution in [0.1, 0.15) is 40.8 Å². The van der Waals surface area contributed by atoms with Gasteiger partial charge in [-0.3, -0.25) is 9.69 Å². The fourth-order valence-corrected chi connectivity index (χ4v) is 4.57. The van der Waals surface area contributed by atoms with Gasteiger partial charge in [-0.2, -0.15) is 0 Å². The minimum atomic E-state index is -0.634. The number of aryl methyl sites for hydroxylation is 1. The number of aliphatic hydroxyl groups excluding tert-OH is 1. The maximum atomic E-state index is 12.7. The average Bonchev–Trinajstić information content (AvgIpc) is 3.47. The third-order valence-corrected chi connectivity index (χ3v) is 5.95. The number of aromatic amines is 1. The van der Waals surface area contributed by atoms with E-state index in [1.807, 2.05) is 6.92 Å². The van der Waals surface area contributed by atoms with Crippen LogP contribution in [0.3, 0.4) is 0 Å². The Bertz CT molecular complexity index is 934. The summed E-state index contributed by atoms with van der Waals surface area (Å²) in [5, 5.41) is 10.7. The van der Waals surface area contributed by atoms with E-state index in [-0.39, 0.29) is 12.2 Å². The topological polar surface area (TPSA) is 105 Å². The number of aliphatic hydroxyl groups is 1. The number of nitrogens with zero attached hydrogens (tertiary/aromatic N) is 2. The van der Waals surface area contributed by atoms with Crippen LogP contribution in [0.2, 0.25) is 0 Å². The summed E-state index contributed by atoms with van der Waals surface area (Å²) >= 11 is 1.19. The lowest BCUT2D eigenvalue weighted by atomic mass is 10.1. The van der Waals surface area contributed by atoms with Crippen LogP contribution in [0.5, 0.6) is 0 Å². The van der Waals surface area contributed by atoms with Crippen LogP contribution in [0.25, 0.3) is 10.2 Å². The van der Waals surface area contributed by atoms with Crippen LogP contribution in [-0.2, 0) is 22.4 Å². The molecule has 158 valence electrons. The Morgan fingerprint density at radius 3 is 2.90 bits per heavy atom. The second-order valence-corrected chi connectivity index (χ2v) is 8.09. The minimum Gasteiger partial charge on any atom is -0.465 e. The number of carbonyl (C=O) groups is 1. The molecule has 2 aromatic rings. The Labute approximate surface area is 173 Å². The monoisotopic (exact) mass is 421 g/mol. The molecule has 1 fully saturated rings. The quantitative estimate of drug-likeness (QED) is 0.324. The summed E-state index contributed by atoms with van der Waals surface area (Å²) in [5.41, 5.74) is 0.421. The molecule has 0 saturated heterocycles. The SMILES string of the molecule is C=CCOCC(O)CN(Cc1nc2sc(C(=O)OC)c(CC)c2c(=O)[nH]1)C1CC1. The van der Waals surface area contributed by atoms with Gasteiger partial charge in [0.1, 0.15) is 15.5 Å². The Kier molecular flexibility index (Phi) is 7.18. The van der Waals surface area contributed by atoms with Crippen LogP contribution in [0.15, 0.2) is 17.4 Å². The number of thiophene rings is 1.